The van der Waals surface area contributed by atoms with E-state index < -0.39 is 11.0 Å². The normalized spacial score (nSPS) is 21.4. The summed E-state index contributed by atoms with van der Waals surface area (Å²) in [6.45, 7) is 1.80. The second-order valence-corrected chi connectivity index (χ2v) is 8.64. The fourth-order valence-electron chi connectivity index (χ4n) is 3.71. The Morgan fingerprint density at radius 2 is 2.03 bits per heavy atom. The predicted octanol–water partition coefficient (Wildman–Crippen LogP) is 3.33. The molecular formula is C20H24N4O4S. The van der Waals surface area contributed by atoms with Gasteiger partial charge in [-0.25, -0.2) is 0 Å². The molecule has 1 unspecified atom stereocenters. The molecule has 2 aromatic rings. The number of hydrogen-bond acceptors (Lipinski definition) is 7. The van der Waals surface area contributed by atoms with Crippen molar-refractivity contribution in [2.24, 2.45) is 16.0 Å². The van der Waals surface area contributed by atoms with Crippen LogP contribution in [-0.4, -0.2) is 45.4 Å². The molecular weight excluding hydrogens is 392 g/mol. The van der Waals surface area contributed by atoms with E-state index in [-0.39, 0.29) is 17.7 Å². The summed E-state index contributed by atoms with van der Waals surface area (Å²) in [4.78, 5) is 14.6. The van der Waals surface area contributed by atoms with Crippen molar-refractivity contribution in [1.82, 2.24) is 4.90 Å². The van der Waals surface area contributed by atoms with Crippen LogP contribution in [0.2, 0.25) is 0 Å². The number of nitrogens with two attached hydrogens (primary N) is 1. The minimum Gasteiger partial charge on any atom is -0.492 e. The van der Waals surface area contributed by atoms with Gasteiger partial charge in [0, 0.05) is 24.6 Å². The molecule has 1 saturated heterocycles. The summed E-state index contributed by atoms with van der Waals surface area (Å²) in [7, 11) is -3.33. The molecule has 0 aromatic heterocycles. The van der Waals surface area contributed by atoms with Gasteiger partial charge in [0.15, 0.2) is 5.84 Å². The number of carbonyl (C=O) groups is 1. The Hall–Kier alpha value is -2.75. The number of piperidine rings is 1. The summed E-state index contributed by atoms with van der Waals surface area (Å²) < 4.78 is 31.9. The number of anilines is 1. The number of fused-ring (bicyclic) bond motifs is 1. The van der Waals surface area contributed by atoms with Gasteiger partial charge in [0.2, 0.25) is 0 Å². The van der Waals surface area contributed by atoms with E-state index in [4.69, 9.17) is 10.5 Å². The molecule has 0 spiro atoms. The van der Waals surface area contributed by atoms with Gasteiger partial charge in [-0.15, -0.1) is 4.40 Å². The van der Waals surface area contributed by atoms with Crippen molar-refractivity contribution in [2.75, 3.05) is 24.4 Å². The molecule has 1 amide bonds. The molecule has 2 aliphatic heterocycles. The number of nitrogens with one attached hydrogen (secondary N) is 1. The lowest BCUT2D eigenvalue weighted by Crippen LogP contribution is -2.41. The number of likely N-dealkylation sites (tertiary alicyclic amines) is 1. The standard InChI is InChI=1S/C20H24N4O4S/c21-19-18-16(22-29(26,27)23-19)9-4-10-17(18)28-13-14-6-5-11-24(12-14)20(25)15-7-2-1-3-8-15/h1-4,7-10,14,22,26-27H,5-6,11-13H2,(H2,21,23). The van der Waals surface area contributed by atoms with Gasteiger partial charge in [0.1, 0.15) is 5.75 Å². The van der Waals surface area contributed by atoms with Crippen molar-refractivity contribution in [3.8, 4) is 5.75 Å². The molecule has 29 heavy (non-hydrogen) atoms. The molecule has 9 heteroatoms. The number of amidine groups is 1. The van der Waals surface area contributed by atoms with Crippen LogP contribution in [0, 0.1) is 5.92 Å². The van der Waals surface area contributed by atoms with E-state index in [1.807, 2.05) is 35.2 Å². The van der Waals surface area contributed by atoms with Gasteiger partial charge in [-0.3, -0.25) is 18.6 Å². The highest BCUT2D eigenvalue weighted by atomic mass is 32.3. The highest BCUT2D eigenvalue weighted by Gasteiger charge is 2.27. The van der Waals surface area contributed by atoms with Crippen molar-refractivity contribution < 1.29 is 18.6 Å². The van der Waals surface area contributed by atoms with Crippen LogP contribution in [0.5, 0.6) is 5.75 Å². The second-order valence-electron chi connectivity index (χ2n) is 7.21. The summed E-state index contributed by atoms with van der Waals surface area (Å²) in [6, 6.07) is 14.5. The Bertz CT molecular complexity index is 935. The molecule has 0 saturated carbocycles. The average molecular weight is 417 g/mol. The Morgan fingerprint density at radius 3 is 2.83 bits per heavy atom. The Kier molecular flexibility index (Phi) is 5.35. The Balaban J connectivity index is 1.43. The number of amides is 1. The van der Waals surface area contributed by atoms with E-state index >= 15 is 0 Å². The maximum Gasteiger partial charge on any atom is 0.253 e. The lowest BCUT2D eigenvalue weighted by molar-refractivity contribution is 0.0633. The van der Waals surface area contributed by atoms with Gasteiger partial charge in [-0.1, -0.05) is 24.3 Å². The molecule has 0 aliphatic carbocycles. The molecule has 1 atom stereocenters. The van der Waals surface area contributed by atoms with Gasteiger partial charge in [-0.05, 0) is 48.1 Å². The fraction of sp³-hybridized carbons (Fsp3) is 0.300. The first-order chi connectivity index (χ1) is 13.9. The second kappa shape index (κ2) is 7.94. The topological polar surface area (TPSA) is 120 Å². The predicted molar refractivity (Wildman–Crippen MR) is 114 cm³/mol. The molecule has 8 nitrogen and oxygen atoms in total. The summed E-state index contributed by atoms with van der Waals surface area (Å²) in [5, 5.41) is 0. The van der Waals surface area contributed by atoms with Crippen LogP contribution >= 0.6 is 11.0 Å². The van der Waals surface area contributed by atoms with Crippen molar-refractivity contribution in [3.63, 3.8) is 0 Å². The molecule has 2 aromatic carbocycles. The van der Waals surface area contributed by atoms with Crippen LogP contribution in [0.25, 0.3) is 0 Å². The van der Waals surface area contributed by atoms with Gasteiger partial charge >= 0.3 is 0 Å². The third-order valence-electron chi connectivity index (χ3n) is 5.06. The molecule has 4 rings (SSSR count). The quantitative estimate of drug-likeness (QED) is 0.607. The maximum absolute atomic E-state index is 12.7. The van der Waals surface area contributed by atoms with Crippen LogP contribution in [0.1, 0.15) is 28.8 Å². The summed E-state index contributed by atoms with van der Waals surface area (Å²) in [6.07, 6.45) is 1.89. The zero-order valence-electron chi connectivity index (χ0n) is 15.8. The molecule has 2 heterocycles. The van der Waals surface area contributed by atoms with Crippen molar-refractivity contribution in [1.29, 1.82) is 0 Å². The number of benzene rings is 2. The molecule has 2 aliphatic rings. The smallest absolute Gasteiger partial charge is 0.253 e. The zero-order valence-corrected chi connectivity index (χ0v) is 16.6. The number of hydrogen-bond donors (Lipinski definition) is 4. The number of nitrogens with zero attached hydrogens (tertiary/aromatic N) is 2. The summed E-state index contributed by atoms with van der Waals surface area (Å²) >= 11 is 0. The lowest BCUT2D eigenvalue weighted by atomic mass is 9.98. The number of ether oxygens (including phenoxy) is 1. The largest absolute Gasteiger partial charge is 0.492 e. The first-order valence-electron chi connectivity index (χ1n) is 9.45. The SMILES string of the molecule is NC1=NS(O)(O)Nc2cccc(OCC3CCCN(C(=O)c4ccccc4)C3)c21. The van der Waals surface area contributed by atoms with Gasteiger partial charge in [0.05, 0.1) is 17.9 Å². The highest BCUT2D eigenvalue weighted by Crippen LogP contribution is 2.46. The molecule has 5 N–H and O–H groups in total. The van der Waals surface area contributed by atoms with E-state index in [0.717, 1.165) is 19.4 Å². The first kappa shape index (κ1) is 19.6. The van der Waals surface area contributed by atoms with Crippen LogP contribution in [0.4, 0.5) is 5.69 Å². The van der Waals surface area contributed by atoms with Gasteiger partial charge in [-0.2, -0.15) is 0 Å². The highest BCUT2D eigenvalue weighted by molar-refractivity contribution is 8.24. The van der Waals surface area contributed by atoms with Crippen LogP contribution in [0.3, 0.4) is 0 Å². The van der Waals surface area contributed by atoms with E-state index in [9.17, 15) is 13.9 Å². The maximum atomic E-state index is 12.7. The third-order valence-corrected chi connectivity index (χ3v) is 6.00. The van der Waals surface area contributed by atoms with Crippen molar-refractivity contribution in [3.05, 3.63) is 59.7 Å². The van der Waals surface area contributed by atoms with Gasteiger partial charge in [0.25, 0.3) is 5.91 Å². The number of carbonyl (C=O) groups excluding carboxylic acids is 1. The summed E-state index contributed by atoms with van der Waals surface area (Å²) in [5.41, 5.74) is 7.62. The molecule has 154 valence electrons. The van der Waals surface area contributed by atoms with E-state index in [1.54, 1.807) is 18.2 Å². The average Bonchev–Trinajstić information content (AvgIpc) is 2.71. The summed E-state index contributed by atoms with van der Waals surface area (Å²) in [5.74, 6) is 0.789. The Labute approximate surface area is 171 Å². The molecule has 1 fully saturated rings. The number of rotatable bonds is 4. The van der Waals surface area contributed by atoms with E-state index in [0.29, 0.717) is 35.7 Å². The monoisotopic (exact) mass is 416 g/mol. The van der Waals surface area contributed by atoms with E-state index in [1.165, 1.54) is 0 Å². The first-order valence-corrected chi connectivity index (χ1v) is 11.0. The zero-order chi connectivity index (χ0) is 20.4. The van der Waals surface area contributed by atoms with E-state index in [2.05, 4.69) is 9.12 Å². The van der Waals surface area contributed by atoms with Crippen LogP contribution in [0.15, 0.2) is 52.9 Å². The minimum atomic E-state index is -3.33. The van der Waals surface area contributed by atoms with Crippen molar-refractivity contribution >= 4 is 28.4 Å². The Morgan fingerprint density at radius 1 is 1.24 bits per heavy atom. The molecule has 0 radical (unpaired) electrons. The van der Waals surface area contributed by atoms with Gasteiger partial charge < -0.3 is 15.4 Å². The van der Waals surface area contributed by atoms with Crippen LogP contribution in [-0.2, 0) is 0 Å². The third kappa shape index (κ3) is 4.31. The minimum absolute atomic E-state index is 0.0267. The molecule has 0 bridgehead atoms. The lowest BCUT2D eigenvalue weighted by Gasteiger charge is -2.34. The van der Waals surface area contributed by atoms with Crippen molar-refractivity contribution in [2.45, 2.75) is 12.8 Å². The van der Waals surface area contributed by atoms with Crippen LogP contribution < -0.4 is 15.2 Å². The fourth-order valence-corrected chi connectivity index (χ4v) is 4.59.